The number of aliphatic hydroxyl groups excluding tert-OH is 1. The minimum atomic E-state index is -0.867. The highest BCUT2D eigenvalue weighted by molar-refractivity contribution is 5.37. The number of rotatable bonds is 3. The molecule has 94 valence electrons. The van der Waals surface area contributed by atoms with Gasteiger partial charge in [-0.25, -0.2) is 4.39 Å². The van der Waals surface area contributed by atoms with Crippen LogP contribution in [-0.4, -0.2) is 17.2 Å². The number of ether oxygens (including phenoxy) is 1. The number of aromatic nitrogens is 1. The summed E-state index contributed by atoms with van der Waals surface area (Å²) < 4.78 is 18.4. The molecular weight excluding hydrogens is 233 g/mol. The van der Waals surface area contributed by atoms with Crippen LogP contribution in [0.5, 0.6) is 5.75 Å². The van der Waals surface area contributed by atoms with Gasteiger partial charge in [0.1, 0.15) is 6.10 Å². The van der Waals surface area contributed by atoms with E-state index < -0.39 is 11.9 Å². The van der Waals surface area contributed by atoms with E-state index in [-0.39, 0.29) is 5.75 Å². The number of benzene rings is 1. The van der Waals surface area contributed by atoms with Crippen LogP contribution in [-0.2, 0) is 0 Å². The van der Waals surface area contributed by atoms with Gasteiger partial charge in [0.2, 0.25) is 0 Å². The van der Waals surface area contributed by atoms with Gasteiger partial charge < -0.3 is 9.84 Å². The molecule has 0 aliphatic rings. The van der Waals surface area contributed by atoms with Gasteiger partial charge in [-0.1, -0.05) is 6.07 Å². The first kappa shape index (κ1) is 12.5. The van der Waals surface area contributed by atoms with Crippen LogP contribution in [0.4, 0.5) is 4.39 Å². The molecule has 1 unspecified atom stereocenters. The maximum absolute atomic E-state index is 13.6. The van der Waals surface area contributed by atoms with Crippen molar-refractivity contribution in [2.45, 2.75) is 13.0 Å². The Labute approximate surface area is 105 Å². The van der Waals surface area contributed by atoms with E-state index in [1.807, 2.05) is 6.92 Å². The summed E-state index contributed by atoms with van der Waals surface area (Å²) in [5.41, 5.74) is 2.07. The van der Waals surface area contributed by atoms with Crippen LogP contribution >= 0.6 is 0 Å². The van der Waals surface area contributed by atoms with E-state index in [1.54, 1.807) is 24.5 Å². The van der Waals surface area contributed by atoms with Crippen molar-refractivity contribution in [2.75, 3.05) is 7.11 Å². The molecule has 0 aliphatic heterocycles. The fourth-order valence-corrected chi connectivity index (χ4v) is 1.82. The molecule has 0 spiro atoms. The molecule has 0 radical (unpaired) electrons. The van der Waals surface area contributed by atoms with Gasteiger partial charge in [0.25, 0.3) is 0 Å². The van der Waals surface area contributed by atoms with E-state index in [1.165, 1.54) is 19.2 Å². The van der Waals surface area contributed by atoms with Crippen molar-refractivity contribution in [3.8, 4) is 5.75 Å². The average Bonchev–Trinajstić information content (AvgIpc) is 2.38. The molecule has 0 saturated carbocycles. The molecule has 0 fully saturated rings. The van der Waals surface area contributed by atoms with Crippen LogP contribution in [0.25, 0.3) is 0 Å². The molecule has 0 amide bonds. The van der Waals surface area contributed by atoms with Gasteiger partial charge in [-0.3, -0.25) is 4.98 Å². The Bertz CT molecular complexity index is 557. The van der Waals surface area contributed by atoms with Gasteiger partial charge in [0, 0.05) is 12.4 Å². The van der Waals surface area contributed by atoms with E-state index in [2.05, 4.69) is 4.98 Å². The molecule has 0 aliphatic carbocycles. The van der Waals surface area contributed by atoms with Crippen LogP contribution < -0.4 is 4.74 Å². The SMILES string of the molecule is COc1ccc(C(O)c2ccncc2C)cc1F. The van der Waals surface area contributed by atoms with Crippen LogP contribution in [0.15, 0.2) is 36.7 Å². The van der Waals surface area contributed by atoms with Crippen molar-refractivity contribution in [3.63, 3.8) is 0 Å². The van der Waals surface area contributed by atoms with Gasteiger partial charge in [-0.15, -0.1) is 0 Å². The summed E-state index contributed by atoms with van der Waals surface area (Å²) in [4.78, 5) is 3.96. The van der Waals surface area contributed by atoms with Gasteiger partial charge in [0.15, 0.2) is 11.6 Å². The molecule has 18 heavy (non-hydrogen) atoms. The number of aryl methyl sites for hydroxylation is 1. The van der Waals surface area contributed by atoms with Gasteiger partial charge in [0.05, 0.1) is 7.11 Å². The quantitative estimate of drug-likeness (QED) is 0.906. The molecule has 1 atom stereocenters. The van der Waals surface area contributed by atoms with Crippen molar-refractivity contribution in [3.05, 3.63) is 59.2 Å². The second kappa shape index (κ2) is 5.14. The third kappa shape index (κ3) is 2.33. The topological polar surface area (TPSA) is 42.4 Å². The van der Waals surface area contributed by atoms with Crippen molar-refractivity contribution in [1.82, 2.24) is 4.98 Å². The van der Waals surface area contributed by atoms with Crippen molar-refractivity contribution >= 4 is 0 Å². The lowest BCUT2D eigenvalue weighted by Gasteiger charge is -2.14. The number of methoxy groups -OCH3 is 1. The highest BCUT2D eigenvalue weighted by Crippen LogP contribution is 2.27. The monoisotopic (exact) mass is 247 g/mol. The molecule has 1 N–H and O–H groups in total. The summed E-state index contributed by atoms with van der Waals surface area (Å²) in [5.74, 6) is -0.321. The lowest BCUT2D eigenvalue weighted by atomic mass is 9.99. The number of nitrogens with zero attached hydrogens (tertiary/aromatic N) is 1. The standard InChI is InChI=1S/C14H14FNO2/c1-9-8-16-6-5-11(9)14(17)10-3-4-13(18-2)12(15)7-10/h3-8,14,17H,1-2H3. The Morgan fingerprint density at radius 3 is 2.72 bits per heavy atom. The Morgan fingerprint density at radius 1 is 1.33 bits per heavy atom. The fourth-order valence-electron chi connectivity index (χ4n) is 1.82. The lowest BCUT2D eigenvalue weighted by molar-refractivity contribution is 0.218. The second-order valence-electron chi connectivity index (χ2n) is 4.03. The normalized spacial score (nSPS) is 12.2. The maximum atomic E-state index is 13.6. The Kier molecular flexibility index (Phi) is 3.58. The zero-order chi connectivity index (χ0) is 13.1. The molecule has 0 saturated heterocycles. The highest BCUT2D eigenvalue weighted by atomic mass is 19.1. The molecular formula is C14H14FNO2. The predicted molar refractivity (Wildman–Crippen MR) is 66.0 cm³/mol. The van der Waals surface area contributed by atoms with Crippen LogP contribution in [0.3, 0.4) is 0 Å². The number of hydrogen-bond donors (Lipinski definition) is 1. The van der Waals surface area contributed by atoms with Crippen molar-refractivity contribution < 1.29 is 14.2 Å². The minimum Gasteiger partial charge on any atom is -0.494 e. The Morgan fingerprint density at radius 2 is 2.11 bits per heavy atom. The van der Waals surface area contributed by atoms with E-state index in [0.717, 1.165) is 11.1 Å². The first-order chi connectivity index (χ1) is 8.63. The molecule has 3 nitrogen and oxygen atoms in total. The van der Waals surface area contributed by atoms with Gasteiger partial charge in [-0.05, 0) is 41.8 Å². The zero-order valence-corrected chi connectivity index (χ0v) is 10.2. The Balaban J connectivity index is 2.37. The molecule has 2 rings (SSSR count). The number of hydrogen-bond acceptors (Lipinski definition) is 3. The van der Waals surface area contributed by atoms with Crippen LogP contribution in [0, 0.1) is 12.7 Å². The van der Waals surface area contributed by atoms with Gasteiger partial charge >= 0.3 is 0 Å². The van der Waals surface area contributed by atoms with E-state index in [0.29, 0.717) is 5.56 Å². The predicted octanol–water partition coefficient (Wildman–Crippen LogP) is 2.62. The van der Waals surface area contributed by atoms with Crippen molar-refractivity contribution in [1.29, 1.82) is 0 Å². The highest BCUT2D eigenvalue weighted by Gasteiger charge is 2.14. The lowest BCUT2D eigenvalue weighted by Crippen LogP contribution is -2.03. The average molecular weight is 247 g/mol. The summed E-state index contributed by atoms with van der Waals surface area (Å²) in [6.45, 7) is 1.85. The Hall–Kier alpha value is -1.94. The van der Waals surface area contributed by atoms with Crippen LogP contribution in [0.2, 0.25) is 0 Å². The molecule has 4 heteroatoms. The minimum absolute atomic E-state index is 0.164. The number of aliphatic hydroxyl groups is 1. The number of pyridine rings is 1. The molecule has 2 aromatic rings. The zero-order valence-electron chi connectivity index (χ0n) is 10.2. The number of halogens is 1. The molecule has 1 aromatic heterocycles. The van der Waals surface area contributed by atoms with Gasteiger partial charge in [-0.2, -0.15) is 0 Å². The third-order valence-electron chi connectivity index (χ3n) is 2.85. The first-order valence-corrected chi connectivity index (χ1v) is 5.55. The summed E-state index contributed by atoms with van der Waals surface area (Å²) in [6.07, 6.45) is 2.40. The van der Waals surface area contributed by atoms with Crippen molar-refractivity contribution in [2.24, 2.45) is 0 Å². The van der Waals surface area contributed by atoms with Crippen LogP contribution in [0.1, 0.15) is 22.8 Å². The van der Waals surface area contributed by atoms with E-state index in [9.17, 15) is 9.50 Å². The summed E-state index contributed by atoms with van der Waals surface area (Å²) in [7, 11) is 1.40. The fraction of sp³-hybridized carbons (Fsp3) is 0.214. The van der Waals surface area contributed by atoms with E-state index in [4.69, 9.17) is 4.74 Å². The molecule has 0 bridgehead atoms. The summed E-state index contributed by atoms with van der Waals surface area (Å²) >= 11 is 0. The van der Waals surface area contributed by atoms with E-state index >= 15 is 0 Å². The summed E-state index contributed by atoms with van der Waals surface area (Å²) in [5, 5.41) is 10.2. The molecule has 1 heterocycles. The third-order valence-corrected chi connectivity index (χ3v) is 2.85. The largest absolute Gasteiger partial charge is 0.494 e. The maximum Gasteiger partial charge on any atom is 0.165 e. The second-order valence-corrected chi connectivity index (χ2v) is 4.03. The smallest absolute Gasteiger partial charge is 0.165 e. The first-order valence-electron chi connectivity index (χ1n) is 5.55. The summed E-state index contributed by atoms with van der Waals surface area (Å²) in [6, 6.07) is 6.16. The molecule has 1 aromatic carbocycles.